The van der Waals surface area contributed by atoms with Gasteiger partial charge in [0.1, 0.15) is 11.3 Å². The van der Waals surface area contributed by atoms with E-state index in [9.17, 15) is 4.79 Å². The third-order valence-electron chi connectivity index (χ3n) is 2.64. The van der Waals surface area contributed by atoms with Crippen molar-refractivity contribution in [3.63, 3.8) is 0 Å². The van der Waals surface area contributed by atoms with Crippen molar-refractivity contribution in [3.8, 4) is 5.75 Å². The van der Waals surface area contributed by atoms with Crippen molar-refractivity contribution in [2.24, 2.45) is 0 Å². The first-order valence-corrected chi connectivity index (χ1v) is 5.99. The van der Waals surface area contributed by atoms with Gasteiger partial charge in [-0.3, -0.25) is 0 Å². The third-order valence-corrected chi connectivity index (χ3v) is 2.64. The van der Waals surface area contributed by atoms with E-state index in [1.165, 1.54) is 7.11 Å². The first-order valence-electron chi connectivity index (χ1n) is 5.99. The molecular formula is C14H16O4. The summed E-state index contributed by atoms with van der Waals surface area (Å²) >= 11 is 0. The molecule has 1 aromatic carbocycles. The molecule has 1 heterocycles. The molecule has 0 spiro atoms. The van der Waals surface area contributed by atoms with Crippen LogP contribution in [0.15, 0.2) is 28.7 Å². The van der Waals surface area contributed by atoms with E-state index < -0.39 is 5.97 Å². The number of methoxy groups -OCH3 is 1. The summed E-state index contributed by atoms with van der Waals surface area (Å²) in [6, 6.07) is 7.15. The molecule has 0 saturated carbocycles. The van der Waals surface area contributed by atoms with Gasteiger partial charge in [0.15, 0.2) is 0 Å². The van der Waals surface area contributed by atoms with E-state index in [1.807, 2.05) is 12.1 Å². The third kappa shape index (κ3) is 2.64. The molecule has 0 saturated heterocycles. The zero-order valence-corrected chi connectivity index (χ0v) is 10.6. The lowest BCUT2D eigenvalue weighted by Gasteiger charge is -2.04. The summed E-state index contributed by atoms with van der Waals surface area (Å²) in [6.07, 6.45) is 2.12. The van der Waals surface area contributed by atoms with Gasteiger partial charge in [-0.1, -0.05) is 13.3 Å². The summed E-state index contributed by atoms with van der Waals surface area (Å²) in [6.45, 7) is 2.81. The Hall–Kier alpha value is -1.97. The Morgan fingerprint density at radius 1 is 1.33 bits per heavy atom. The summed E-state index contributed by atoms with van der Waals surface area (Å²) < 4.78 is 15.6. The Morgan fingerprint density at radius 2 is 2.17 bits per heavy atom. The van der Waals surface area contributed by atoms with E-state index in [4.69, 9.17) is 9.15 Å². The lowest BCUT2D eigenvalue weighted by molar-refractivity contribution is 0.0567. The summed E-state index contributed by atoms with van der Waals surface area (Å²) in [4.78, 5) is 11.3. The normalized spacial score (nSPS) is 10.6. The molecule has 0 N–H and O–H groups in total. The van der Waals surface area contributed by atoms with Gasteiger partial charge in [-0.15, -0.1) is 0 Å². The molecule has 2 aromatic rings. The number of carbonyl (C=O) groups is 1. The van der Waals surface area contributed by atoms with Crippen LogP contribution in [0.2, 0.25) is 0 Å². The average Bonchev–Trinajstić information content (AvgIpc) is 2.81. The van der Waals surface area contributed by atoms with Crippen LogP contribution in [-0.2, 0) is 4.74 Å². The molecule has 96 valence electrons. The highest BCUT2D eigenvalue weighted by Gasteiger charge is 2.12. The van der Waals surface area contributed by atoms with Gasteiger partial charge < -0.3 is 13.9 Å². The minimum atomic E-state index is -0.473. The van der Waals surface area contributed by atoms with Crippen LogP contribution in [0, 0.1) is 0 Å². The number of carbonyl (C=O) groups excluding carboxylic acids is 1. The van der Waals surface area contributed by atoms with Crippen LogP contribution in [0.25, 0.3) is 11.0 Å². The second-order valence-corrected chi connectivity index (χ2v) is 4.00. The van der Waals surface area contributed by atoms with Crippen LogP contribution in [0.4, 0.5) is 0 Å². The van der Waals surface area contributed by atoms with Crippen LogP contribution in [0.3, 0.4) is 0 Å². The van der Waals surface area contributed by atoms with Gasteiger partial charge in [-0.25, -0.2) is 4.79 Å². The van der Waals surface area contributed by atoms with E-state index in [0.29, 0.717) is 12.2 Å². The van der Waals surface area contributed by atoms with Crippen LogP contribution >= 0.6 is 0 Å². The number of ether oxygens (including phenoxy) is 2. The second-order valence-electron chi connectivity index (χ2n) is 4.00. The minimum absolute atomic E-state index is 0.207. The Kier molecular flexibility index (Phi) is 3.87. The molecule has 0 aliphatic carbocycles. The highest BCUT2D eigenvalue weighted by molar-refractivity contribution is 5.92. The van der Waals surface area contributed by atoms with Crippen molar-refractivity contribution in [3.05, 3.63) is 30.0 Å². The first-order chi connectivity index (χ1) is 8.74. The molecule has 0 bridgehead atoms. The molecule has 18 heavy (non-hydrogen) atoms. The maximum atomic E-state index is 11.3. The predicted octanol–water partition coefficient (Wildman–Crippen LogP) is 3.40. The van der Waals surface area contributed by atoms with Gasteiger partial charge >= 0.3 is 5.97 Å². The Labute approximate surface area is 105 Å². The summed E-state index contributed by atoms with van der Waals surface area (Å²) in [5.41, 5.74) is 0.651. The molecule has 0 radical (unpaired) electrons. The van der Waals surface area contributed by atoms with Crippen molar-refractivity contribution in [1.29, 1.82) is 0 Å². The number of hydrogen-bond acceptors (Lipinski definition) is 4. The van der Waals surface area contributed by atoms with Gasteiger partial charge in [-0.05, 0) is 30.7 Å². The van der Waals surface area contributed by atoms with Crippen LogP contribution in [-0.4, -0.2) is 19.7 Å². The quantitative estimate of drug-likeness (QED) is 0.601. The molecule has 0 atom stereocenters. The number of esters is 1. The zero-order valence-electron chi connectivity index (χ0n) is 10.6. The molecule has 2 rings (SSSR count). The molecule has 0 aliphatic rings. The number of fused-ring (bicyclic) bond motifs is 1. The minimum Gasteiger partial charge on any atom is -0.494 e. The van der Waals surface area contributed by atoms with E-state index in [0.717, 1.165) is 24.0 Å². The lowest BCUT2D eigenvalue weighted by atomic mass is 10.2. The largest absolute Gasteiger partial charge is 0.494 e. The van der Waals surface area contributed by atoms with Crippen molar-refractivity contribution >= 4 is 16.9 Å². The number of benzene rings is 1. The standard InChI is InChI=1S/C14H16O4/c1-3-4-7-17-11-5-6-12-10(8-11)9-13(18-12)14(15)16-2/h5-6,8-9H,3-4,7H2,1-2H3. The molecule has 0 unspecified atom stereocenters. The highest BCUT2D eigenvalue weighted by atomic mass is 16.5. The molecule has 0 fully saturated rings. The Morgan fingerprint density at radius 3 is 2.89 bits per heavy atom. The number of hydrogen-bond donors (Lipinski definition) is 0. The highest BCUT2D eigenvalue weighted by Crippen LogP contribution is 2.24. The summed E-state index contributed by atoms with van der Waals surface area (Å²) in [5, 5.41) is 0.837. The fraction of sp³-hybridized carbons (Fsp3) is 0.357. The van der Waals surface area contributed by atoms with Crippen LogP contribution in [0.5, 0.6) is 5.75 Å². The number of unbranched alkanes of at least 4 members (excludes halogenated alkanes) is 1. The molecule has 1 aromatic heterocycles. The second kappa shape index (κ2) is 5.58. The van der Waals surface area contributed by atoms with E-state index in [-0.39, 0.29) is 5.76 Å². The van der Waals surface area contributed by atoms with Crippen molar-refractivity contribution in [2.45, 2.75) is 19.8 Å². The van der Waals surface area contributed by atoms with Gasteiger partial charge in [0.2, 0.25) is 5.76 Å². The average molecular weight is 248 g/mol. The topological polar surface area (TPSA) is 48.7 Å². The van der Waals surface area contributed by atoms with Gasteiger partial charge in [0.05, 0.1) is 13.7 Å². The molecule has 0 amide bonds. The SMILES string of the molecule is CCCCOc1ccc2oc(C(=O)OC)cc2c1. The molecule has 0 aliphatic heterocycles. The van der Waals surface area contributed by atoms with Crippen molar-refractivity contribution in [2.75, 3.05) is 13.7 Å². The predicted molar refractivity (Wildman–Crippen MR) is 68.0 cm³/mol. The Bertz CT molecular complexity index is 542. The molecular weight excluding hydrogens is 232 g/mol. The molecule has 4 heteroatoms. The fourth-order valence-corrected chi connectivity index (χ4v) is 1.65. The van der Waals surface area contributed by atoms with Crippen LogP contribution in [0.1, 0.15) is 30.3 Å². The smallest absolute Gasteiger partial charge is 0.373 e. The van der Waals surface area contributed by atoms with Gasteiger partial charge in [0.25, 0.3) is 0 Å². The summed E-state index contributed by atoms with van der Waals surface area (Å²) in [5.74, 6) is 0.519. The fourth-order valence-electron chi connectivity index (χ4n) is 1.65. The first kappa shape index (κ1) is 12.5. The number of furan rings is 1. The van der Waals surface area contributed by atoms with Crippen molar-refractivity contribution < 1.29 is 18.7 Å². The van der Waals surface area contributed by atoms with Crippen LogP contribution < -0.4 is 4.74 Å². The van der Waals surface area contributed by atoms with E-state index >= 15 is 0 Å². The van der Waals surface area contributed by atoms with Crippen molar-refractivity contribution in [1.82, 2.24) is 0 Å². The monoisotopic (exact) mass is 248 g/mol. The summed E-state index contributed by atoms with van der Waals surface area (Å²) in [7, 11) is 1.33. The zero-order chi connectivity index (χ0) is 13.0. The Balaban J connectivity index is 2.20. The van der Waals surface area contributed by atoms with E-state index in [2.05, 4.69) is 11.7 Å². The van der Waals surface area contributed by atoms with E-state index in [1.54, 1.807) is 12.1 Å². The van der Waals surface area contributed by atoms with Gasteiger partial charge in [-0.2, -0.15) is 0 Å². The molecule has 4 nitrogen and oxygen atoms in total. The maximum Gasteiger partial charge on any atom is 0.373 e. The lowest BCUT2D eigenvalue weighted by Crippen LogP contribution is -1.97. The van der Waals surface area contributed by atoms with Gasteiger partial charge in [0, 0.05) is 5.39 Å². The number of rotatable bonds is 5. The maximum absolute atomic E-state index is 11.3.